The number of hydrogen-bond donors (Lipinski definition) is 10. The standard InChI is InChI=1S/C44H33N7O19S3.O3S/c52-12-10-51(11-13-53)43-48-42(49-44(50-43)70-23-15-21(40(57)58)14-22(16-23)41(59)60)46-27-17-26(29(71(61,62)63)19-30(27)72(64,65)66)45-28-18-31(73(67,68)69)36-34-32(24-8-4-5-9-25(24)38(55)33(28)34)35(39(56)47-36)37(54)20-6-2-1-3-7-20;1-4(2)3/h1-9,14-19,45,52-53H,10-13H2,(H,47,56)(H,57,58)(H,59,60)(H,61,62,63)(H,64,65,66)(H,67,68,69)(H,46,48,49,50);. The second-order valence-corrected chi connectivity index (χ2v) is 20.3. The Labute approximate surface area is 432 Å². The van der Waals surface area contributed by atoms with Crippen LogP contribution < -0.4 is 25.8 Å². The van der Waals surface area contributed by atoms with Gasteiger partial charge in [0.15, 0.2) is 11.6 Å². The van der Waals surface area contributed by atoms with Crippen molar-refractivity contribution in [3.05, 3.63) is 135 Å². The van der Waals surface area contributed by atoms with Crippen LogP contribution in [0.2, 0.25) is 0 Å². The zero-order chi connectivity index (χ0) is 56.5. The zero-order valence-corrected chi connectivity index (χ0v) is 41.4. The lowest BCUT2D eigenvalue weighted by molar-refractivity contribution is 0.0695. The number of aromatic carboxylic acids is 2. The summed E-state index contributed by atoms with van der Waals surface area (Å²) in [6.07, 6.45) is 0. The Hall–Kier alpha value is -8.93. The molecule has 1 aliphatic carbocycles. The summed E-state index contributed by atoms with van der Waals surface area (Å²) >= 11 is 0. The first-order valence-corrected chi connectivity index (χ1v) is 26.4. The molecule has 10 N–H and O–H groups in total. The number of nitrogens with zero attached hydrogens (tertiary/aromatic N) is 4. The normalized spacial score (nSPS) is 11.9. The van der Waals surface area contributed by atoms with Crippen LogP contribution in [-0.4, -0.2) is 142 Å². The van der Waals surface area contributed by atoms with Crippen LogP contribution in [-0.2, 0) is 41.0 Å². The Bertz CT molecular complexity index is 4140. The van der Waals surface area contributed by atoms with Gasteiger partial charge in [0.25, 0.3) is 35.9 Å². The lowest BCUT2D eigenvalue weighted by atomic mass is 9.80. The second-order valence-electron chi connectivity index (χ2n) is 15.7. The fraction of sp³-hybridized carbons (Fsp3) is 0.0909. The minimum Gasteiger partial charge on any atom is -0.478 e. The third-order valence-corrected chi connectivity index (χ3v) is 13.5. The van der Waals surface area contributed by atoms with E-state index in [1.54, 1.807) is 6.07 Å². The number of nitrogens with one attached hydrogen (secondary N) is 3. The highest BCUT2D eigenvalue weighted by atomic mass is 32.2. The molecular weight excluding hydrogens is 1110 g/mol. The van der Waals surface area contributed by atoms with Gasteiger partial charge in [-0.2, -0.15) is 40.2 Å². The molecule has 2 heterocycles. The molecule has 7 aromatic rings. The van der Waals surface area contributed by atoms with Gasteiger partial charge in [-0.25, -0.2) is 9.59 Å². The lowest BCUT2D eigenvalue weighted by Crippen LogP contribution is -2.31. The van der Waals surface area contributed by atoms with E-state index in [0.29, 0.717) is 12.1 Å². The third-order valence-electron chi connectivity index (χ3n) is 10.9. The van der Waals surface area contributed by atoms with E-state index in [1.807, 2.05) is 0 Å². The summed E-state index contributed by atoms with van der Waals surface area (Å²) < 4.78 is 141. The minimum atomic E-state index is -5.64. The number of carboxylic acids is 2. The maximum absolute atomic E-state index is 14.7. The number of carbonyl (C=O) groups excluding carboxylic acids is 2. The molecule has 1 aliphatic rings. The van der Waals surface area contributed by atoms with Crippen molar-refractivity contribution in [2.45, 2.75) is 14.7 Å². The summed E-state index contributed by atoms with van der Waals surface area (Å²) in [5, 5.41) is 43.2. The molecular formula is C44H33N7O22S4. The van der Waals surface area contributed by atoms with Crippen LogP contribution in [0.15, 0.2) is 110 Å². The molecule has 0 unspecified atom stereocenters. The first kappa shape index (κ1) is 55.8. The molecule has 0 atom stereocenters. The van der Waals surface area contributed by atoms with Crippen molar-refractivity contribution in [2.24, 2.45) is 0 Å². The van der Waals surface area contributed by atoms with Crippen LogP contribution in [0.1, 0.15) is 52.6 Å². The monoisotopic (exact) mass is 1140 g/mol. The highest BCUT2D eigenvalue weighted by Gasteiger charge is 2.37. The van der Waals surface area contributed by atoms with Gasteiger partial charge < -0.3 is 45.7 Å². The molecule has 0 aliphatic heterocycles. The van der Waals surface area contributed by atoms with Crippen molar-refractivity contribution in [3.8, 4) is 22.9 Å². The van der Waals surface area contributed by atoms with E-state index in [-0.39, 0.29) is 41.4 Å². The average Bonchev–Trinajstić information content (AvgIpc) is 3.38. The van der Waals surface area contributed by atoms with Crippen LogP contribution in [0.5, 0.6) is 11.8 Å². The van der Waals surface area contributed by atoms with E-state index in [1.165, 1.54) is 48.5 Å². The van der Waals surface area contributed by atoms with E-state index in [0.717, 1.165) is 23.1 Å². The average molecular weight is 1140 g/mol. The fourth-order valence-corrected chi connectivity index (χ4v) is 9.90. The fourth-order valence-electron chi connectivity index (χ4n) is 7.84. The lowest BCUT2D eigenvalue weighted by Gasteiger charge is -2.25. The van der Waals surface area contributed by atoms with Crippen LogP contribution in [0, 0.1) is 0 Å². The number of pyridine rings is 1. The molecule has 0 radical (unpaired) electrons. The molecule has 33 heteroatoms. The first-order chi connectivity index (χ1) is 36.1. The summed E-state index contributed by atoms with van der Waals surface area (Å²) in [4.78, 5) is 78.4. The number of aliphatic hydroxyl groups excluding tert-OH is 2. The second kappa shape index (κ2) is 21.7. The quantitative estimate of drug-likeness (QED) is 0.0435. The number of benzene rings is 5. The molecule has 5 aromatic carbocycles. The van der Waals surface area contributed by atoms with Gasteiger partial charge in [-0.1, -0.05) is 54.6 Å². The molecule has 0 saturated carbocycles. The van der Waals surface area contributed by atoms with Crippen molar-refractivity contribution in [2.75, 3.05) is 41.8 Å². The zero-order valence-electron chi connectivity index (χ0n) is 38.2. The topological polar surface area (TPSA) is 472 Å². The molecule has 0 saturated heterocycles. The van der Waals surface area contributed by atoms with E-state index >= 15 is 0 Å². The van der Waals surface area contributed by atoms with Crippen LogP contribution in [0.4, 0.5) is 29.0 Å². The number of carboxylic acid groups (broad SMARTS) is 2. The molecule has 400 valence electrons. The SMILES string of the molecule is O=C(O)c1cc(Oc2nc(Nc3cc(Nc4cc(S(=O)(=O)O)c5[nH]c(=O)c(C(=O)c6ccccc6)c6c5c4C(=O)c4ccccc4-6)c(S(=O)(=O)O)cc3S(=O)(=O)O)nc(N(CCO)CCO)n2)cc(C(=O)O)c1.O=S(=O)=O. The first-order valence-electron chi connectivity index (χ1n) is 21.1. The Balaban J connectivity index is 0.00000208. The number of anilines is 5. The predicted molar refractivity (Wildman–Crippen MR) is 262 cm³/mol. The van der Waals surface area contributed by atoms with Crippen LogP contribution in [0.3, 0.4) is 0 Å². The minimum absolute atomic E-state index is 0.0150. The van der Waals surface area contributed by atoms with Gasteiger partial charge in [-0.15, -0.1) is 12.6 Å². The van der Waals surface area contributed by atoms with Gasteiger partial charge in [0.2, 0.25) is 11.9 Å². The number of ketones is 2. The molecule has 0 bridgehead atoms. The maximum atomic E-state index is 14.7. The number of fused-ring (bicyclic) bond motifs is 2. The number of aromatic nitrogens is 4. The number of ether oxygens (including phenoxy) is 1. The van der Waals surface area contributed by atoms with Gasteiger partial charge in [0.1, 0.15) is 20.4 Å². The molecule has 2 aromatic heterocycles. The molecule has 0 amide bonds. The molecule has 29 nitrogen and oxygen atoms in total. The molecule has 0 fully saturated rings. The van der Waals surface area contributed by atoms with Crippen LogP contribution in [0.25, 0.3) is 22.0 Å². The Morgan fingerprint density at radius 1 is 0.623 bits per heavy atom. The van der Waals surface area contributed by atoms with Gasteiger partial charge in [-0.3, -0.25) is 28.0 Å². The molecule has 8 rings (SSSR count). The predicted octanol–water partition coefficient (Wildman–Crippen LogP) is 2.36. The van der Waals surface area contributed by atoms with Gasteiger partial charge in [0.05, 0.1) is 58.0 Å². The summed E-state index contributed by atoms with van der Waals surface area (Å²) in [5.74, 6) is -6.69. The molecule has 77 heavy (non-hydrogen) atoms. The number of H-pyrrole nitrogens is 1. The van der Waals surface area contributed by atoms with E-state index in [4.69, 9.17) is 17.4 Å². The van der Waals surface area contributed by atoms with E-state index in [9.17, 15) is 83.3 Å². The summed E-state index contributed by atoms with van der Waals surface area (Å²) in [7, 11) is -19.8. The third kappa shape index (κ3) is 12.0. The Morgan fingerprint density at radius 3 is 1.69 bits per heavy atom. The highest BCUT2D eigenvalue weighted by molar-refractivity contribution is 7.87. The smallest absolute Gasteiger partial charge is 0.425 e. The Morgan fingerprint density at radius 2 is 1.16 bits per heavy atom. The summed E-state index contributed by atoms with van der Waals surface area (Å²) in [6.45, 7) is -1.76. The van der Waals surface area contributed by atoms with E-state index < -0.39 is 172 Å². The number of carbonyl (C=O) groups is 4. The summed E-state index contributed by atoms with van der Waals surface area (Å²) in [5.41, 5.74) is -7.10. The van der Waals surface area contributed by atoms with Gasteiger partial charge in [-0.05, 0) is 42.0 Å². The van der Waals surface area contributed by atoms with Crippen molar-refractivity contribution >= 4 is 104 Å². The van der Waals surface area contributed by atoms with Crippen molar-refractivity contribution in [3.63, 3.8) is 0 Å². The van der Waals surface area contributed by atoms with E-state index in [2.05, 4.69) is 30.6 Å². The number of hydrogen-bond acceptors (Lipinski definition) is 23. The van der Waals surface area contributed by atoms with Crippen molar-refractivity contribution in [1.29, 1.82) is 0 Å². The van der Waals surface area contributed by atoms with Crippen molar-refractivity contribution < 1.29 is 95.9 Å². The number of aromatic amines is 1. The number of aliphatic hydroxyl groups is 2. The summed E-state index contributed by atoms with van der Waals surface area (Å²) in [6, 6.07) is 16.0. The van der Waals surface area contributed by atoms with Crippen LogP contribution >= 0.6 is 0 Å². The maximum Gasteiger partial charge on any atom is 0.425 e. The highest BCUT2D eigenvalue weighted by Crippen LogP contribution is 2.46. The van der Waals surface area contributed by atoms with Gasteiger partial charge in [0, 0.05) is 35.2 Å². The largest absolute Gasteiger partial charge is 0.478 e. The van der Waals surface area contributed by atoms with Gasteiger partial charge >= 0.3 is 28.6 Å². The van der Waals surface area contributed by atoms with Crippen molar-refractivity contribution in [1.82, 2.24) is 19.9 Å². The molecule has 0 spiro atoms. The number of rotatable bonds is 18. The Kier molecular flexibility index (Phi) is 15.8.